The number of nitrogens with two attached hydrogens (primary N) is 1. The Morgan fingerprint density at radius 3 is 2.67 bits per heavy atom. The number of carbonyl (C=O) groups excluding carboxylic acids is 2. The normalized spacial score (nSPS) is 12.5. The summed E-state index contributed by atoms with van der Waals surface area (Å²) >= 11 is 0. The van der Waals surface area contributed by atoms with Gasteiger partial charge in [-0.15, -0.1) is 0 Å². The molecular formula is C19H23N5O3. The molecule has 8 nitrogen and oxygen atoms in total. The van der Waals surface area contributed by atoms with Crippen LogP contribution in [-0.2, 0) is 29.0 Å². The van der Waals surface area contributed by atoms with Crippen LogP contribution in [0.5, 0.6) is 0 Å². The standard InChI is InChI=1S/C19H23N5O3/c1-24(2)19-22-16(21-18(20)23-19)11-27-17(26)9-8-15(25)14-7-6-12-4-3-5-13(12)10-14/h6-7,10H,3-5,8-9,11H2,1-2H3,(H2,20,21,22,23). The number of rotatable bonds is 7. The van der Waals surface area contributed by atoms with Crippen LogP contribution in [0.2, 0.25) is 0 Å². The Hall–Kier alpha value is -3.03. The van der Waals surface area contributed by atoms with Gasteiger partial charge in [-0.3, -0.25) is 9.59 Å². The predicted molar refractivity (Wildman–Crippen MR) is 100 cm³/mol. The number of benzene rings is 1. The number of ketones is 1. The lowest BCUT2D eigenvalue weighted by Crippen LogP contribution is -2.17. The van der Waals surface area contributed by atoms with Crippen LogP contribution in [0.3, 0.4) is 0 Å². The summed E-state index contributed by atoms with van der Waals surface area (Å²) in [7, 11) is 3.55. The van der Waals surface area contributed by atoms with Crippen LogP contribution >= 0.6 is 0 Å². The number of aromatic nitrogens is 3. The maximum absolute atomic E-state index is 12.3. The molecule has 2 aromatic rings. The Morgan fingerprint density at radius 2 is 1.89 bits per heavy atom. The fourth-order valence-electron chi connectivity index (χ4n) is 3.01. The fourth-order valence-corrected chi connectivity index (χ4v) is 3.01. The Balaban J connectivity index is 1.50. The van der Waals surface area contributed by atoms with Gasteiger partial charge >= 0.3 is 5.97 Å². The molecule has 0 aliphatic heterocycles. The highest BCUT2D eigenvalue weighted by molar-refractivity contribution is 5.97. The van der Waals surface area contributed by atoms with Crippen molar-refractivity contribution in [2.45, 2.75) is 38.7 Å². The number of esters is 1. The average molecular weight is 369 g/mol. The lowest BCUT2D eigenvalue weighted by atomic mass is 10.0. The molecule has 1 aliphatic carbocycles. The van der Waals surface area contributed by atoms with Crippen LogP contribution in [0.15, 0.2) is 18.2 Å². The van der Waals surface area contributed by atoms with Gasteiger partial charge in [0.2, 0.25) is 11.9 Å². The minimum Gasteiger partial charge on any atom is -0.457 e. The number of Topliss-reactive ketones (excluding diaryl/α,β-unsaturated/α-hetero) is 1. The molecule has 0 bridgehead atoms. The summed E-state index contributed by atoms with van der Waals surface area (Å²) in [6, 6.07) is 5.81. The molecule has 27 heavy (non-hydrogen) atoms. The topological polar surface area (TPSA) is 111 Å². The van der Waals surface area contributed by atoms with E-state index in [1.807, 2.05) is 18.2 Å². The van der Waals surface area contributed by atoms with Crippen molar-refractivity contribution in [3.8, 4) is 0 Å². The van der Waals surface area contributed by atoms with Crippen molar-refractivity contribution in [1.29, 1.82) is 0 Å². The molecule has 1 heterocycles. The molecule has 0 atom stereocenters. The molecular weight excluding hydrogens is 346 g/mol. The van der Waals surface area contributed by atoms with E-state index in [2.05, 4.69) is 15.0 Å². The molecule has 0 radical (unpaired) electrons. The summed E-state index contributed by atoms with van der Waals surface area (Å²) in [6.07, 6.45) is 3.35. The van der Waals surface area contributed by atoms with Crippen molar-refractivity contribution in [3.05, 3.63) is 40.7 Å². The summed E-state index contributed by atoms with van der Waals surface area (Å²) in [5.41, 5.74) is 8.85. The summed E-state index contributed by atoms with van der Waals surface area (Å²) in [5, 5.41) is 0. The third-order valence-corrected chi connectivity index (χ3v) is 4.43. The molecule has 1 aliphatic rings. The Kier molecular flexibility index (Phi) is 5.63. The van der Waals surface area contributed by atoms with Crippen molar-refractivity contribution in [2.24, 2.45) is 0 Å². The van der Waals surface area contributed by atoms with E-state index in [-0.39, 0.29) is 37.0 Å². The van der Waals surface area contributed by atoms with Gasteiger partial charge in [0.05, 0.1) is 6.42 Å². The van der Waals surface area contributed by atoms with Gasteiger partial charge in [0, 0.05) is 26.1 Å². The quantitative estimate of drug-likeness (QED) is 0.580. The number of anilines is 2. The third kappa shape index (κ3) is 4.78. The number of aryl methyl sites for hydroxylation is 2. The van der Waals surface area contributed by atoms with Gasteiger partial charge in [0.15, 0.2) is 18.2 Å². The van der Waals surface area contributed by atoms with Gasteiger partial charge in [0.1, 0.15) is 0 Å². The first kappa shape index (κ1) is 18.8. The van der Waals surface area contributed by atoms with Crippen LogP contribution in [0.1, 0.15) is 46.6 Å². The van der Waals surface area contributed by atoms with E-state index in [0.717, 1.165) is 19.3 Å². The van der Waals surface area contributed by atoms with Crippen molar-refractivity contribution in [1.82, 2.24) is 15.0 Å². The fraction of sp³-hybridized carbons (Fsp3) is 0.421. The van der Waals surface area contributed by atoms with Crippen molar-refractivity contribution in [3.63, 3.8) is 0 Å². The van der Waals surface area contributed by atoms with Crippen LogP contribution in [0, 0.1) is 0 Å². The molecule has 1 aromatic carbocycles. The van der Waals surface area contributed by atoms with Crippen LogP contribution in [0.25, 0.3) is 0 Å². The highest BCUT2D eigenvalue weighted by Crippen LogP contribution is 2.23. The van der Waals surface area contributed by atoms with E-state index in [1.54, 1.807) is 19.0 Å². The lowest BCUT2D eigenvalue weighted by molar-refractivity contribution is -0.145. The van der Waals surface area contributed by atoms with E-state index in [9.17, 15) is 9.59 Å². The molecule has 3 rings (SSSR count). The number of carbonyl (C=O) groups is 2. The highest BCUT2D eigenvalue weighted by atomic mass is 16.5. The van der Waals surface area contributed by atoms with Gasteiger partial charge in [-0.25, -0.2) is 0 Å². The molecule has 8 heteroatoms. The number of hydrogen-bond donors (Lipinski definition) is 1. The van der Waals surface area contributed by atoms with Crippen LogP contribution < -0.4 is 10.6 Å². The van der Waals surface area contributed by atoms with Crippen molar-refractivity contribution < 1.29 is 14.3 Å². The van der Waals surface area contributed by atoms with Gasteiger partial charge < -0.3 is 15.4 Å². The van der Waals surface area contributed by atoms with Gasteiger partial charge in [-0.1, -0.05) is 12.1 Å². The number of nitrogens with zero attached hydrogens (tertiary/aromatic N) is 4. The number of nitrogen functional groups attached to an aromatic ring is 1. The molecule has 142 valence electrons. The molecule has 1 aromatic heterocycles. The van der Waals surface area contributed by atoms with Crippen molar-refractivity contribution in [2.75, 3.05) is 24.7 Å². The van der Waals surface area contributed by atoms with Crippen molar-refractivity contribution >= 4 is 23.6 Å². The predicted octanol–water partition coefficient (Wildman–Crippen LogP) is 1.71. The van der Waals surface area contributed by atoms with Gasteiger partial charge in [-0.2, -0.15) is 15.0 Å². The van der Waals surface area contributed by atoms with Crippen LogP contribution in [0.4, 0.5) is 11.9 Å². The maximum atomic E-state index is 12.3. The first-order valence-corrected chi connectivity index (χ1v) is 8.91. The Bertz CT molecular complexity index is 866. The zero-order chi connectivity index (χ0) is 19.4. The molecule has 0 spiro atoms. The second-order valence-electron chi connectivity index (χ2n) is 6.73. The zero-order valence-corrected chi connectivity index (χ0v) is 15.6. The zero-order valence-electron chi connectivity index (χ0n) is 15.6. The van der Waals surface area contributed by atoms with Gasteiger partial charge in [-0.05, 0) is 36.5 Å². The van der Waals surface area contributed by atoms with Gasteiger partial charge in [0.25, 0.3) is 0 Å². The molecule has 0 unspecified atom stereocenters. The van der Waals surface area contributed by atoms with E-state index in [4.69, 9.17) is 10.5 Å². The second kappa shape index (κ2) is 8.11. The first-order chi connectivity index (χ1) is 12.9. The molecule has 2 N–H and O–H groups in total. The molecule has 0 saturated heterocycles. The number of fused-ring (bicyclic) bond motifs is 1. The minimum atomic E-state index is -0.477. The van der Waals surface area contributed by atoms with E-state index >= 15 is 0 Å². The average Bonchev–Trinajstić information content (AvgIpc) is 3.11. The van der Waals surface area contributed by atoms with E-state index < -0.39 is 5.97 Å². The molecule has 0 saturated carbocycles. The summed E-state index contributed by atoms with van der Waals surface area (Å²) < 4.78 is 5.16. The highest BCUT2D eigenvalue weighted by Gasteiger charge is 2.16. The maximum Gasteiger partial charge on any atom is 0.306 e. The van der Waals surface area contributed by atoms with E-state index in [1.165, 1.54) is 11.1 Å². The second-order valence-corrected chi connectivity index (χ2v) is 6.73. The minimum absolute atomic E-state index is 0.0109. The first-order valence-electron chi connectivity index (χ1n) is 8.91. The number of ether oxygens (including phenoxy) is 1. The summed E-state index contributed by atoms with van der Waals surface area (Å²) in [4.78, 5) is 38.0. The monoisotopic (exact) mass is 369 g/mol. The van der Waals surface area contributed by atoms with Crippen LogP contribution in [-0.4, -0.2) is 40.8 Å². The third-order valence-electron chi connectivity index (χ3n) is 4.43. The van der Waals surface area contributed by atoms with E-state index in [0.29, 0.717) is 11.5 Å². The Labute approximate surface area is 157 Å². The smallest absolute Gasteiger partial charge is 0.306 e. The largest absolute Gasteiger partial charge is 0.457 e. The molecule has 0 fully saturated rings. The SMILES string of the molecule is CN(C)c1nc(N)nc(COC(=O)CCC(=O)c2ccc3c(c2)CCC3)n1. The lowest BCUT2D eigenvalue weighted by Gasteiger charge is -2.11. The summed E-state index contributed by atoms with van der Waals surface area (Å²) in [5.74, 6) is 0.187. The molecule has 0 amide bonds. The Morgan fingerprint density at radius 1 is 1.11 bits per heavy atom. The summed E-state index contributed by atoms with van der Waals surface area (Å²) in [6.45, 7) is -0.112. The number of hydrogen-bond acceptors (Lipinski definition) is 8.